The van der Waals surface area contributed by atoms with Crippen molar-refractivity contribution in [2.45, 2.75) is 0 Å². The van der Waals surface area contributed by atoms with Gasteiger partial charge in [0.2, 0.25) is 0 Å². The van der Waals surface area contributed by atoms with Gasteiger partial charge in [0.1, 0.15) is 5.82 Å². The minimum Gasteiger partial charge on any atom is -0.478 e. The van der Waals surface area contributed by atoms with Crippen molar-refractivity contribution in [3.05, 3.63) is 35.9 Å². The van der Waals surface area contributed by atoms with Crippen LogP contribution < -0.4 is 5.73 Å². The molecule has 0 spiro atoms. The molecule has 1 heterocycles. The molecule has 2 aromatic rings. The Labute approximate surface area is 80.0 Å². The average molecular weight is 188 g/mol. The van der Waals surface area contributed by atoms with Crippen LogP contribution in [0.25, 0.3) is 10.9 Å². The number of aromatic nitrogens is 1. The van der Waals surface area contributed by atoms with Crippen LogP contribution in [0.15, 0.2) is 30.3 Å². The number of hydrogen-bond acceptors (Lipinski definition) is 3. The van der Waals surface area contributed by atoms with Crippen molar-refractivity contribution in [1.82, 2.24) is 4.98 Å². The molecule has 4 heteroatoms. The van der Waals surface area contributed by atoms with Gasteiger partial charge in [-0.05, 0) is 24.3 Å². The molecule has 2 rings (SSSR count). The monoisotopic (exact) mass is 188 g/mol. The molecule has 0 amide bonds. The lowest BCUT2D eigenvalue weighted by Crippen LogP contribution is -1.98. The van der Waals surface area contributed by atoms with Crippen LogP contribution in [-0.4, -0.2) is 16.1 Å². The normalized spacial score (nSPS) is 10.3. The van der Waals surface area contributed by atoms with Gasteiger partial charge in [-0.2, -0.15) is 0 Å². The molecule has 0 atom stereocenters. The molecule has 0 aliphatic carbocycles. The van der Waals surface area contributed by atoms with E-state index in [0.29, 0.717) is 16.7 Å². The third-order valence-corrected chi connectivity index (χ3v) is 1.98. The Morgan fingerprint density at radius 3 is 2.79 bits per heavy atom. The Hall–Kier alpha value is -2.10. The number of benzene rings is 1. The third kappa shape index (κ3) is 1.26. The Balaban J connectivity index is 2.81. The standard InChI is InChI=1S/C10H8N2O2/c11-9-5-4-6-7(10(13)14)2-1-3-8(6)12-9/h1-5H,(H2,11,12)(H,13,14). The number of carboxylic acid groups (broad SMARTS) is 1. The Kier molecular flexibility index (Phi) is 1.81. The summed E-state index contributed by atoms with van der Waals surface area (Å²) >= 11 is 0. The second kappa shape index (κ2) is 2.99. The van der Waals surface area contributed by atoms with E-state index >= 15 is 0 Å². The second-order valence-electron chi connectivity index (χ2n) is 2.91. The van der Waals surface area contributed by atoms with Crippen LogP contribution in [0.4, 0.5) is 5.82 Å². The largest absolute Gasteiger partial charge is 0.478 e. The fourth-order valence-electron chi connectivity index (χ4n) is 1.36. The molecule has 0 saturated heterocycles. The maximum absolute atomic E-state index is 10.8. The van der Waals surface area contributed by atoms with Crippen molar-refractivity contribution in [2.24, 2.45) is 0 Å². The molecule has 1 aromatic carbocycles. The van der Waals surface area contributed by atoms with E-state index in [0.717, 1.165) is 0 Å². The molecule has 0 aliphatic rings. The van der Waals surface area contributed by atoms with E-state index in [1.165, 1.54) is 0 Å². The molecule has 0 unspecified atom stereocenters. The van der Waals surface area contributed by atoms with Gasteiger partial charge in [-0.25, -0.2) is 9.78 Å². The molecule has 70 valence electrons. The Morgan fingerprint density at radius 2 is 2.07 bits per heavy atom. The average Bonchev–Trinajstić information content (AvgIpc) is 2.16. The van der Waals surface area contributed by atoms with E-state index in [9.17, 15) is 4.79 Å². The van der Waals surface area contributed by atoms with Crippen LogP contribution >= 0.6 is 0 Å². The van der Waals surface area contributed by atoms with Gasteiger partial charge in [0.25, 0.3) is 0 Å². The highest BCUT2D eigenvalue weighted by atomic mass is 16.4. The number of fused-ring (bicyclic) bond motifs is 1. The summed E-state index contributed by atoms with van der Waals surface area (Å²) in [4.78, 5) is 14.9. The number of hydrogen-bond donors (Lipinski definition) is 2. The van der Waals surface area contributed by atoms with Crippen molar-refractivity contribution in [3.8, 4) is 0 Å². The first kappa shape index (κ1) is 8.50. The van der Waals surface area contributed by atoms with Crippen LogP contribution in [0.1, 0.15) is 10.4 Å². The van der Waals surface area contributed by atoms with E-state index in [4.69, 9.17) is 10.8 Å². The molecule has 0 radical (unpaired) electrons. The highest BCUT2D eigenvalue weighted by Gasteiger charge is 2.07. The SMILES string of the molecule is Nc1ccc2c(C(=O)O)cccc2n1. The molecule has 0 bridgehead atoms. The van der Waals surface area contributed by atoms with E-state index in [2.05, 4.69) is 4.98 Å². The molecule has 1 aromatic heterocycles. The summed E-state index contributed by atoms with van der Waals surface area (Å²) in [6.07, 6.45) is 0. The van der Waals surface area contributed by atoms with Gasteiger partial charge in [-0.15, -0.1) is 0 Å². The van der Waals surface area contributed by atoms with Crippen molar-refractivity contribution in [2.75, 3.05) is 5.73 Å². The smallest absolute Gasteiger partial charge is 0.336 e. The quantitative estimate of drug-likeness (QED) is 0.711. The lowest BCUT2D eigenvalue weighted by atomic mass is 10.1. The zero-order chi connectivity index (χ0) is 10.1. The molecule has 0 aliphatic heterocycles. The topological polar surface area (TPSA) is 76.2 Å². The summed E-state index contributed by atoms with van der Waals surface area (Å²) < 4.78 is 0. The van der Waals surface area contributed by atoms with E-state index in [1.807, 2.05) is 0 Å². The first-order chi connectivity index (χ1) is 6.68. The summed E-state index contributed by atoms with van der Waals surface area (Å²) in [6, 6.07) is 8.19. The number of anilines is 1. The lowest BCUT2D eigenvalue weighted by Gasteiger charge is -2.01. The number of nitrogen functional groups attached to an aromatic ring is 1. The van der Waals surface area contributed by atoms with Crippen LogP contribution in [0.5, 0.6) is 0 Å². The fraction of sp³-hybridized carbons (Fsp3) is 0. The molecule has 4 nitrogen and oxygen atoms in total. The minimum atomic E-state index is -0.956. The van der Waals surface area contributed by atoms with Crippen molar-refractivity contribution in [3.63, 3.8) is 0 Å². The van der Waals surface area contributed by atoms with Crippen molar-refractivity contribution in [1.29, 1.82) is 0 Å². The molecular weight excluding hydrogens is 180 g/mol. The van der Waals surface area contributed by atoms with Crippen LogP contribution in [0.3, 0.4) is 0 Å². The van der Waals surface area contributed by atoms with Gasteiger partial charge >= 0.3 is 5.97 Å². The zero-order valence-electron chi connectivity index (χ0n) is 7.27. The van der Waals surface area contributed by atoms with Gasteiger partial charge in [0.05, 0.1) is 11.1 Å². The number of nitrogens with two attached hydrogens (primary N) is 1. The number of carboxylic acids is 1. The first-order valence-corrected chi connectivity index (χ1v) is 4.07. The summed E-state index contributed by atoms with van der Waals surface area (Å²) in [5.41, 5.74) is 6.34. The van der Waals surface area contributed by atoms with Gasteiger partial charge in [0.15, 0.2) is 0 Å². The summed E-state index contributed by atoms with van der Waals surface area (Å²) in [5, 5.41) is 9.50. The van der Waals surface area contributed by atoms with Crippen LogP contribution in [0.2, 0.25) is 0 Å². The Bertz CT molecular complexity index is 508. The predicted molar refractivity (Wildman–Crippen MR) is 53.1 cm³/mol. The number of rotatable bonds is 1. The molecule has 14 heavy (non-hydrogen) atoms. The number of carbonyl (C=O) groups is 1. The Morgan fingerprint density at radius 1 is 1.29 bits per heavy atom. The maximum Gasteiger partial charge on any atom is 0.336 e. The van der Waals surface area contributed by atoms with E-state index in [-0.39, 0.29) is 5.56 Å². The second-order valence-corrected chi connectivity index (χ2v) is 2.91. The highest BCUT2D eigenvalue weighted by molar-refractivity contribution is 6.02. The van der Waals surface area contributed by atoms with Gasteiger partial charge in [-0.1, -0.05) is 6.07 Å². The number of pyridine rings is 1. The summed E-state index contributed by atoms with van der Waals surface area (Å²) in [7, 11) is 0. The minimum absolute atomic E-state index is 0.245. The molecular formula is C10H8N2O2. The van der Waals surface area contributed by atoms with E-state index in [1.54, 1.807) is 30.3 Å². The zero-order valence-corrected chi connectivity index (χ0v) is 7.27. The fourth-order valence-corrected chi connectivity index (χ4v) is 1.36. The lowest BCUT2D eigenvalue weighted by molar-refractivity contribution is 0.0699. The summed E-state index contributed by atoms with van der Waals surface area (Å²) in [6.45, 7) is 0. The molecule has 0 saturated carbocycles. The third-order valence-electron chi connectivity index (χ3n) is 1.98. The van der Waals surface area contributed by atoms with Gasteiger partial charge in [-0.3, -0.25) is 0 Å². The number of nitrogens with zero attached hydrogens (tertiary/aromatic N) is 1. The predicted octanol–water partition coefficient (Wildman–Crippen LogP) is 1.52. The van der Waals surface area contributed by atoms with Crippen molar-refractivity contribution < 1.29 is 9.90 Å². The molecule has 0 fully saturated rings. The number of aromatic carboxylic acids is 1. The first-order valence-electron chi connectivity index (χ1n) is 4.07. The maximum atomic E-state index is 10.8. The molecule has 3 N–H and O–H groups in total. The van der Waals surface area contributed by atoms with Crippen LogP contribution in [-0.2, 0) is 0 Å². The van der Waals surface area contributed by atoms with Gasteiger partial charge < -0.3 is 10.8 Å². The van der Waals surface area contributed by atoms with Crippen molar-refractivity contribution >= 4 is 22.7 Å². The van der Waals surface area contributed by atoms with E-state index < -0.39 is 5.97 Å². The van der Waals surface area contributed by atoms with Crippen LogP contribution in [0, 0.1) is 0 Å². The van der Waals surface area contributed by atoms with Gasteiger partial charge in [0, 0.05) is 5.39 Å². The summed E-state index contributed by atoms with van der Waals surface area (Å²) in [5.74, 6) is -0.567. The highest BCUT2D eigenvalue weighted by Crippen LogP contribution is 2.18.